The Morgan fingerprint density at radius 3 is 2.70 bits per heavy atom. The minimum atomic E-state index is -0.377. The van der Waals surface area contributed by atoms with Crippen LogP contribution in [0.1, 0.15) is 16.1 Å². The molecule has 1 aromatic heterocycles. The number of thioether (sulfide) groups is 1. The van der Waals surface area contributed by atoms with Gasteiger partial charge >= 0.3 is 0 Å². The Bertz CT molecular complexity index is 954. The summed E-state index contributed by atoms with van der Waals surface area (Å²) >= 11 is 4.68. The molecular formula is C19H15BrFN3O2S. The number of carbonyl (C=O) groups excluding carboxylic acids is 1. The van der Waals surface area contributed by atoms with Crippen LogP contribution >= 0.6 is 27.7 Å². The van der Waals surface area contributed by atoms with E-state index in [1.54, 1.807) is 30.3 Å². The van der Waals surface area contributed by atoms with E-state index in [2.05, 4.69) is 31.2 Å². The summed E-state index contributed by atoms with van der Waals surface area (Å²) in [4.78, 5) is 21.2. The fraction of sp³-hybridized carbons (Fsp3) is 0.105. The summed E-state index contributed by atoms with van der Waals surface area (Å²) in [6, 6.07) is 13.4. The number of benzene rings is 2. The molecule has 27 heavy (non-hydrogen) atoms. The molecule has 0 aliphatic rings. The summed E-state index contributed by atoms with van der Waals surface area (Å²) in [5, 5.41) is 3.24. The van der Waals surface area contributed by atoms with Crippen molar-refractivity contribution in [2.45, 2.75) is 10.9 Å². The third kappa shape index (κ3) is 5.05. The fourth-order valence-corrected chi connectivity index (χ4v) is 3.38. The average molecular weight is 448 g/mol. The second-order valence-corrected chi connectivity index (χ2v) is 7.22. The van der Waals surface area contributed by atoms with Crippen molar-refractivity contribution in [3.05, 3.63) is 76.3 Å². The number of halogens is 2. The van der Waals surface area contributed by atoms with Gasteiger partial charge in [0, 0.05) is 11.9 Å². The van der Waals surface area contributed by atoms with Crippen LogP contribution in [0.2, 0.25) is 0 Å². The van der Waals surface area contributed by atoms with Crippen LogP contribution in [0, 0.1) is 5.82 Å². The molecule has 0 bridgehead atoms. The van der Waals surface area contributed by atoms with Gasteiger partial charge in [-0.1, -0.05) is 36.0 Å². The number of methoxy groups -OCH3 is 1. The van der Waals surface area contributed by atoms with Crippen molar-refractivity contribution in [1.29, 1.82) is 0 Å². The summed E-state index contributed by atoms with van der Waals surface area (Å²) in [5.74, 6) is 0.466. The Kier molecular flexibility index (Phi) is 6.41. The van der Waals surface area contributed by atoms with Crippen LogP contribution in [0.5, 0.6) is 5.75 Å². The number of hydrogen-bond donors (Lipinski definition) is 1. The van der Waals surface area contributed by atoms with Crippen LogP contribution in [0.4, 0.5) is 10.1 Å². The van der Waals surface area contributed by atoms with Crippen molar-refractivity contribution >= 4 is 39.3 Å². The molecule has 5 nitrogen and oxygen atoms in total. The van der Waals surface area contributed by atoms with Crippen molar-refractivity contribution in [2.24, 2.45) is 0 Å². The van der Waals surface area contributed by atoms with E-state index < -0.39 is 0 Å². The predicted molar refractivity (Wildman–Crippen MR) is 107 cm³/mol. The SMILES string of the molecule is COc1ccccc1NC(=O)c1nc(SCc2ccc(F)cc2)ncc1Br. The number of para-hydroxylation sites is 2. The average Bonchev–Trinajstić information content (AvgIpc) is 2.69. The zero-order valence-corrected chi connectivity index (χ0v) is 16.7. The summed E-state index contributed by atoms with van der Waals surface area (Å²) in [6.45, 7) is 0. The number of amides is 1. The summed E-state index contributed by atoms with van der Waals surface area (Å²) in [5.41, 5.74) is 1.71. The lowest BCUT2D eigenvalue weighted by molar-refractivity contribution is 0.102. The molecule has 0 aliphatic carbocycles. The number of rotatable bonds is 6. The fourth-order valence-electron chi connectivity index (χ4n) is 2.24. The molecule has 1 N–H and O–H groups in total. The molecule has 138 valence electrons. The van der Waals surface area contributed by atoms with Gasteiger partial charge in [0.05, 0.1) is 17.3 Å². The standard InChI is InChI=1S/C19H15BrFN3O2S/c1-26-16-5-3-2-4-15(16)23-18(25)17-14(20)10-22-19(24-17)27-11-12-6-8-13(21)9-7-12/h2-10H,11H2,1H3,(H,23,25). The van der Waals surface area contributed by atoms with Gasteiger partial charge in [-0.05, 0) is 45.8 Å². The number of ether oxygens (including phenoxy) is 1. The van der Waals surface area contributed by atoms with Gasteiger partial charge in [0.2, 0.25) is 0 Å². The number of aromatic nitrogens is 2. The minimum Gasteiger partial charge on any atom is -0.495 e. The monoisotopic (exact) mass is 447 g/mol. The Morgan fingerprint density at radius 2 is 1.96 bits per heavy atom. The second-order valence-electron chi connectivity index (χ2n) is 5.42. The number of nitrogens with zero attached hydrogens (tertiary/aromatic N) is 2. The van der Waals surface area contributed by atoms with Crippen molar-refractivity contribution < 1.29 is 13.9 Å². The van der Waals surface area contributed by atoms with E-state index >= 15 is 0 Å². The Morgan fingerprint density at radius 1 is 1.22 bits per heavy atom. The van der Waals surface area contributed by atoms with E-state index in [9.17, 15) is 9.18 Å². The van der Waals surface area contributed by atoms with Gasteiger partial charge in [-0.15, -0.1) is 0 Å². The van der Waals surface area contributed by atoms with Gasteiger partial charge in [-0.3, -0.25) is 4.79 Å². The van der Waals surface area contributed by atoms with E-state index in [1.165, 1.54) is 37.2 Å². The molecule has 8 heteroatoms. The number of anilines is 1. The third-order valence-electron chi connectivity index (χ3n) is 3.57. The number of carbonyl (C=O) groups is 1. The van der Waals surface area contributed by atoms with E-state index in [0.717, 1.165) is 5.56 Å². The van der Waals surface area contributed by atoms with E-state index in [4.69, 9.17) is 4.74 Å². The van der Waals surface area contributed by atoms with Gasteiger partial charge in [-0.2, -0.15) is 0 Å². The van der Waals surface area contributed by atoms with Gasteiger partial charge in [0.15, 0.2) is 5.16 Å². The predicted octanol–water partition coefficient (Wildman–Crippen LogP) is 4.93. The Hall–Kier alpha value is -2.45. The Balaban J connectivity index is 1.74. The maximum absolute atomic E-state index is 13.0. The zero-order chi connectivity index (χ0) is 19.2. The topological polar surface area (TPSA) is 64.1 Å². The third-order valence-corrected chi connectivity index (χ3v) is 5.09. The number of nitrogens with one attached hydrogen (secondary N) is 1. The molecule has 1 amide bonds. The summed E-state index contributed by atoms with van der Waals surface area (Å²) in [7, 11) is 1.54. The highest BCUT2D eigenvalue weighted by Crippen LogP contribution is 2.26. The first kappa shape index (κ1) is 19.3. The minimum absolute atomic E-state index is 0.220. The zero-order valence-electron chi connectivity index (χ0n) is 14.3. The van der Waals surface area contributed by atoms with Gasteiger partial charge < -0.3 is 10.1 Å². The lowest BCUT2D eigenvalue weighted by Gasteiger charge is -2.10. The molecule has 0 spiro atoms. The molecule has 0 aliphatic heterocycles. The number of hydrogen-bond acceptors (Lipinski definition) is 5. The van der Waals surface area contributed by atoms with Gasteiger partial charge in [0.1, 0.15) is 17.3 Å². The summed E-state index contributed by atoms with van der Waals surface area (Å²) in [6.07, 6.45) is 1.54. The molecule has 0 atom stereocenters. The molecule has 0 saturated heterocycles. The highest BCUT2D eigenvalue weighted by Gasteiger charge is 2.16. The molecule has 0 unspecified atom stereocenters. The van der Waals surface area contributed by atoms with E-state index in [1.807, 2.05) is 6.07 Å². The lowest BCUT2D eigenvalue weighted by atomic mass is 10.2. The first-order valence-corrected chi connectivity index (χ1v) is 9.69. The highest BCUT2D eigenvalue weighted by atomic mass is 79.9. The van der Waals surface area contributed by atoms with Crippen LogP contribution in [0.3, 0.4) is 0 Å². The molecule has 3 rings (SSSR count). The van der Waals surface area contributed by atoms with Crippen molar-refractivity contribution in [3.63, 3.8) is 0 Å². The van der Waals surface area contributed by atoms with Crippen LogP contribution in [0.15, 0.2) is 64.4 Å². The Labute approximate surface area is 168 Å². The molecule has 3 aromatic rings. The van der Waals surface area contributed by atoms with Crippen molar-refractivity contribution in [3.8, 4) is 5.75 Å². The van der Waals surface area contributed by atoms with Crippen LogP contribution in [-0.2, 0) is 5.75 Å². The lowest BCUT2D eigenvalue weighted by Crippen LogP contribution is -2.15. The van der Waals surface area contributed by atoms with Crippen LogP contribution < -0.4 is 10.1 Å². The molecular weight excluding hydrogens is 433 g/mol. The molecule has 0 fully saturated rings. The molecule has 2 aromatic carbocycles. The van der Waals surface area contributed by atoms with Gasteiger partial charge in [-0.25, -0.2) is 14.4 Å². The maximum Gasteiger partial charge on any atom is 0.275 e. The normalized spacial score (nSPS) is 10.5. The van der Waals surface area contributed by atoms with Crippen LogP contribution in [-0.4, -0.2) is 23.0 Å². The van der Waals surface area contributed by atoms with E-state index in [-0.39, 0.29) is 17.4 Å². The maximum atomic E-state index is 13.0. The van der Waals surface area contributed by atoms with E-state index in [0.29, 0.717) is 26.8 Å². The first-order valence-electron chi connectivity index (χ1n) is 7.91. The largest absolute Gasteiger partial charge is 0.495 e. The summed E-state index contributed by atoms with van der Waals surface area (Å²) < 4.78 is 18.7. The second kappa shape index (κ2) is 8.96. The van der Waals surface area contributed by atoms with Crippen molar-refractivity contribution in [2.75, 3.05) is 12.4 Å². The molecule has 0 radical (unpaired) electrons. The first-order chi connectivity index (χ1) is 13.1. The van der Waals surface area contributed by atoms with Crippen LogP contribution in [0.25, 0.3) is 0 Å². The smallest absolute Gasteiger partial charge is 0.275 e. The highest BCUT2D eigenvalue weighted by molar-refractivity contribution is 9.10. The van der Waals surface area contributed by atoms with Gasteiger partial charge in [0.25, 0.3) is 5.91 Å². The molecule has 0 saturated carbocycles. The molecule has 1 heterocycles. The van der Waals surface area contributed by atoms with Crippen molar-refractivity contribution in [1.82, 2.24) is 9.97 Å². The quantitative estimate of drug-likeness (QED) is 0.428.